The van der Waals surface area contributed by atoms with Gasteiger partial charge in [-0.2, -0.15) is 0 Å². The maximum absolute atomic E-state index is 12.7. The molecule has 0 saturated carbocycles. The Morgan fingerprint density at radius 2 is 1.85 bits per heavy atom. The Balaban J connectivity index is 2.46. The molecule has 0 fully saturated rings. The van der Waals surface area contributed by atoms with E-state index in [0.29, 0.717) is 21.8 Å². The molecule has 3 nitrogen and oxygen atoms in total. The van der Waals surface area contributed by atoms with Crippen LogP contribution in [0.4, 0.5) is 5.82 Å². The predicted octanol–water partition coefficient (Wildman–Crippen LogP) is 3.44. The number of hydrogen-bond acceptors (Lipinski definition) is 2. The Morgan fingerprint density at radius 1 is 1.10 bits per heavy atom. The van der Waals surface area contributed by atoms with Gasteiger partial charge in [-0.25, -0.2) is 0 Å². The van der Waals surface area contributed by atoms with Gasteiger partial charge in [-0.05, 0) is 29.8 Å². The standard InChI is InChI=1S/C16H13ClN2O/c1-19-13-8-3-2-7-12(13)15(20)14(16(19)18)10-5-4-6-11(17)9-10/h2-9H,18H2,1H3. The molecule has 0 atom stereocenters. The van der Waals surface area contributed by atoms with E-state index in [0.717, 1.165) is 11.1 Å². The van der Waals surface area contributed by atoms with Crippen LogP contribution >= 0.6 is 11.6 Å². The Hall–Kier alpha value is -2.26. The minimum atomic E-state index is -0.0709. The van der Waals surface area contributed by atoms with Gasteiger partial charge in [0.2, 0.25) is 0 Å². The Morgan fingerprint density at radius 3 is 2.60 bits per heavy atom. The normalized spacial score (nSPS) is 10.9. The lowest BCUT2D eigenvalue weighted by atomic mass is 10.0. The van der Waals surface area contributed by atoms with Gasteiger partial charge >= 0.3 is 0 Å². The van der Waals surface area contributed by atoms with E-state index in [1.165, 1.54) is 0 Å². The zero-order valence-electron chi connectivity index (χ0n) is 10.9. The first-order valence-electron chi connectivity index (χ1n) is 6.22. The van der Waals surface area contributed by atoms with Crippen LogP contribution in [0.1, 0.15) is 0 Å². The average molecular weight is 285 g/mol. The molecule has 3 rings (SSSR count). The third-order valence-corrected chi connectivity index (χ3v) is 3.70. The number of pyridine rings is 1. The van der Waals surface area contributed by atoms with Crippen molar-refractivity contribution in [3.63, 3.8) is 0 Å². The minimum absolute atomic E-state index is 0.0709. The molecular weight excluding hydrogens is 272 g/mol. The summed E-state index contributed by atoms with van der Waals surface area (Å²) in [5.74, 6) is 0.441. The van der Waals surface area contributed by atoms with Gasteiger partial charge in [0, 0.05) is 17.5 Å². The smallest absolute Gasteiger partial charge is 0.199 e. The molecule has 0 radical (unpaired) electrons. The van der Waals surface area contributed by atoms with Crippen LogP contribution in [0.5, 0.6) is 0 Å². The Bertz CT molecular complexity index is 868. The zero-order chi connectivity index (χ0) is 14.3. The molecule has 0 aliphatic carbocycles. The summed E-state index contributed by atoms with van der Waals surface area (Å²) < 4.78 is 1.83. The molecule has 2 N–H and O–H groups in total. The van der Waals surface area contributed by atoms with Gasteiger partial charge in [-0.1, -0.05) is 35.9 Å². The third kappa shape index (κ3) is 1.87. The lowest BCUT2D eigenvalue weighted by Gasteiger charge is -2.14. The number of hydrogen-bond donors (Lipinski definition) is 1. The highest BCUT2D eigenvalue weighted by Gasteiger charge is 2.14. The van der Waals surface area contributed by atoms with Crippen molar-refractivity contribution in [2.24, 2.45) is 7.05 Å². The molecule has 0 saturated heterocycles. The van der Waals surface area contributed by atoms with Crippen LogP contribution in [0.3, 0.4) is 0 Å². The second-order valence-corrected chi connectivity index (χ2v) is 5.11. The maximum Gasteiger partial charge on any atom is 0.199 e. The van der Waals surface area contributed by atoms with Crippen molar-refractivity contribution in [1.82, 2.24) is 4.57 Å². The number of para-hydroxylation sites is 1. The van der Waals surface area contributed by atoms with Crippen LogP contribution in [0.15, 0.2) is 53.3 Å². The maximum atomic E-state index is 12.7. The summed E-state index contributed by atoms with van der Waals surface area (Å²) in [6, 6.07) is 14.6. The lowest BCUT2D eigenvalue weighted by molar-refractivity contribution is 0.967. The van der Waals surface area contributed by atoms with E-state index in [-0.39, 0.29) is 5.43 Å². The van der Waals surface area contributed by atoms with E-state index in [9.17, 15) is 4.79 Å². The van der Waals surface area contributed by atoms with E-state index in [1.54, 1.807) is 12.1 Å². The molecule has 100 valence electrons. The molecule has 2 aromatic carbocycles. The molecular formula is C16H13ClN2O. The van der Waals surface area contributed by atoms with Crippen LogP contribution in [-0.4, -0.2) is 4.57 Å². The molecule has 3 aromatic rings. The summed E-state index contributed by atoms with van der Waals surface area (Å²) in [7, 11) is 1.85. The van der Waals surface area contributed by atoms with E-state index < -0.39 is 0 Å². The summed E-state index contributed by atoms with van der Waals surface area (Å²) in [5.41, 5.74) is 8.13. The monoisotopic (exact) mass is 284 g/mol. The van der Waals surface area contributed by atoms with Crippen molar-refractivity contribution in [3.05, 3.63) is 63.8 Å². The van der Waals surface area contributed by atoms with E-state index in [1.807, 2.05) is 48.0 Å². The number of anilines is 1. The quantitative estimate of drug-likeness (QED) is 0.744. The molecule has 1 heterocycles. The third-order valence-electron chi connectivity index (χ3n) is 3.47. The fourth-order valence-electron chi connectivity index (χ4n) is 2.43. The van der Waals surface area contributed by atoms with Crippen molar-refractivity contribution >= 4 is 28.3 Å². The number of aryl methyl sites for hydroxylation is 1. The molecule has 0 spiro atoms. The topological polar surface area (TPSA) is 48.0 Å². The number of halogens is 1. The summed E-state index contributed by atoms with van der Waals surface area (Å²) in [4.78, 5) is 12.7. The van der Waals surface area contributed by atoms with Crippen molar-refractivity contribution < 1.29 is 0 Å². The van der Waals surface area contributed by atoms with Gasteiger partial charge in [-0.3, -0.25) is 4.79 Å². The van der Waals surface area contributed by atoms with Gasteiger partial charge in [-0.15, -0.1) is 0 Å². The van der Waals surface area contributed by atoms with E-state index in [2.05, 4.69) is 0 Å². The molecule has 0 bridgehead atoms. The largest absolute Gasteiger partial charge is 0.384 e. The first kappa shape index (κ1) is 12.8. The van der Waals surface area contributed by atoms with Crippen molar-refractivity contribution in [2.45, 2.75) is 0 Å². The molecule has 4 heteroatoms. The highest BCUT2D eigenvalue weighted by molar-refractivity contribution is 6.30. The van der Waals surface area contributed by atoms with Crippen molar-refractivity contribution in [1.29, 1.82) is 0 Å². The summed E-state index contributed by atoms with van der Waals surface area (Å²) >= 11 is 6.01. The summed E-state index contributed by atoms with van der Waals surface area (Å²) in [6.07, 6.45) is 0. The number of nitrogen functional groups attached to an aromatic ring is 1. The van der Waals surface area contributed by atoms with Gasteiger partial charge in [0.05, 0.1) is 11.1 Å². The minimum Gasteiger partial charge on any atom is -0.384 e. The Kier molecular flexibility index (Phi) is 2.99. The molecule has 0 aliphatic heterocycles. The van der Waals surface area contributed by atoms with Crippen LogP contribution < -0.4 is 11.2 Å². The van der Waals surface area contributed by atoms with E-state index in [4.69, 9.17) is 17.3 Å². The number of nitrogens with two attached hydrogens (primary N) is 1. The van der Waals surface area contributed by atoms with Crippen LogP contribution in [0.25, 0.3) is 22.0 Å². The number of fused-ring (bicyclic) bond motifs is 1. The van der Waals surface area contributed by atoms with Crippen LogP contribution in [0.2, 0.25) is 5.02 Å². The highest BCUT2D eigenvalue weighted by atomic mass is 35.5. The number of aromatic nitrogens is 1. The SMILES string of the molecule is Cn1c(N)c(-c2cccc(Cl)c2)c(=O)c2ccccc21. The first-order chi connectivity index (χ1) is 9.59. The van der Waals surface area contributed by atoms with Crippen LogP contribution in [0, 0.1) is 0 Å². The summed E-state index contributed by atoms with van der Waals surface area (Å²) in [6.45, 7) is 0. The highest BCUT2D eigenvalue weighted by Crippen LogP contribution is 2.27. The Labute approximate surface area is 121 Å². The molecule has 0 amide bonds. The molecule has 0 aliphatic rings. The molecule has 20 heavy (non-hydrogen) atoms. The molecule has 1 aromatic heterocycles. The van der Waals surface area contributed by atoms with Gasteiger partial charge in [0.15, 0.2) is 5.43 Å². The van der Waals surface area contributed by atoms with Crippen molar-refractivity contribution in [3.8, 4) is 11.1 Å². The predicted molar refractivity (Wildman–Crippen MR) is 84.0 cm³/mol. The number of benzene rings is 2. The van der Waals surface area contributed by atoms with Gasteiger partial charge in [0.25, 0.3) is 0 Å². The number of rotatable bonds is 1. The average Bonchev–Trinajstić information content (AvgIpc) is 2.45. The first-order valence-corrected chi connectivity index (χ1v) is 6.60. The number of nitrogens with zero attached hydrogens (tertiary/aromatic N) is 1. The fraction of sp³-hybridized carbons (Fsp3) is 0.0625. The zero-order valence-corrected chi connectivity index (χ0v) is 11.7. The van der Waals surface area contributed by atoms with Gasteiger partial charge in [0.1, 0.15) is 5.82 Å². The van der Waals surface area contributed by atoms with Gasteiger partial charge < -0.3 is 10.3 Å². The lowest BCUT2D eigenvalue weighted by Crippen LogP contribution is -2.15. The second-order valence-electron chi connectivity index (χ2n) is 4.68. The second kappa shape index (κ2) is 4.69. The fourth-order valence-corrected chi connectivity index (χ4v) is 2.62. The molecule has 0 unspecified atom stereocenters. The van der Waals surface area contributed by atoms with Crippen LogP contribution in [-0.2, 0) is 7.05 Å². The van der Waals surface area contributed by atoms with Crippen molar-refractivity contribution in [2.75, 3.05) is 5.73 Å². The van der Waals surface area contributed by atoms with E-state index >= 15 is 0 Å². The summed E-state index contributed by atoms with van der Waals surface area (Å²) in [5, 5.41) is 1.23.